The SMILES string of the molecule is CNC(=O)[C@]1(C)CC[C@@H](Nc2ncc3c(Br)nn(-c4cccc(NC5COC5)c4)c3n2)C1. The molecule has 3 heterocycles. The average molecular weight is 500 g/mol. The lowest BCUT2D eigenvalue weighted by Gasteiger charge is -2.27. The second-order valence-electron chi connectivity index (χ2n) is 8.79. The molecule has 2 aliphatic rings. The predicted molar refractivity (Wildman–Crippen MR) is 126 cm³/mol. The zero-order chi connectivity index (χ0) is 22.3. The van der Waals surface area contributed by atoms with Crippen LogP contribution in [0, 0.1) is 5.41 Å². The molecule has 3 aromatic rings. The van der Waals surface area contributed by atoms with Crippen LogP contribution in [0.15, 0.2) is 35.1 Å². The van der Waals surface area contributed by atoms with E-state index in [1.807, 2.05) is 29.8 Å². The van der Waals surface area contributed by atoms with E-state index in [-0.39, 0.29) is 17.4 Å². The van der Waals surface area contributed by atoms with Crippen molar-refractivity contribution in [2.75, 3.05) is 30.9 Å². The molecule has 0 bridgehead atoms. The number of carbonyl (C=O) groups is 1. The molecule has 5 rings (SSSR count). The van der Waals surface area contributed by atoms with Crippen molar-refractivity contribution >= 4 is 44.5 Å². The molecule has 168 valence electrons. The molecule has 32 heavy (non-hydrogen) atoms. The minimum atomic E-state index is -0.361. The van der Waals surface area contributed by atoms with Crippen LogP contribution in [0.5, 0.6) is 0 Å². The molecule has 1 aliphatic heterocycles. The number of amides is 1. The quantitative estimate of drug-likeness (QED) is 0.478. The summed E-state index contributed by atoms with van der Waals surface area (Å²) in [5.41, 5.74) is 2.27. The topological polar surface area (TPSA) is 106 Å². The number of fused-ring (bicyclic) bond motifs is 1. The Morgan fingerprint density at radius 2 is 2.12 bits per heavy atom. The number of benzene rings is 1. The van der Waals surface area contributed by atoms with Crippen molar-refractivity contribution in [3.05, 3.63) is 35.1 Å². The van der Waals surface area contributed by atoms with E-state index in [0.29, 0.717) is 22.2 Å². The molecule has 1 saturated carbocycles. The Hall–Kier alpha value is -2.72. The Labute approximate surface area is 194 Å². The molecule has 2 aromatic heterocycles. The number of hydrogen-bond acceptors (Lipinski definition) is 7. The third kappa shape index (κ3) is 3.93. The first kappa shape index (κ1) is 21.1. The van der Waals surface area contributed by atoms with Crippen molar-refractivity contribution in [2.45, 2.75) is 38.3 Å². The molecule has 3 N–H and O–H groups in total. The Morgan fingerprint density at radius 3 is 2.88 bits per heavy atom. The van der Waals surface area contributed by atoms with Gasteiger partial charge >= 0.3 is 0 Å². The van der Waals surface area contributed by atoms with Crippen LogP contribution < -0.4 is 16.0 Å². The standard InChI is InChI=1S/C22H26BrN7O2/c1-22(20(31)24-2)7-6-14(9-22)27-21-25-10-17-18(23)29-30(19(17)28-21)16-5-3-4-13(8-16)26-15-11-32-12-15/h3-5,8,10,14-15,26H,6-7,9,11-12H2,1-2H3,(H,24,31)(H,25,27,28)/t14-,22-/m1/s1. The maximum absolute atomic E-state index is 12.2. The van der Waals surface area contributed by atoms with Crippen LogP contribution in [0.3, 0.4) is 0 Å². The first-order valence-electron chi connectivity index (χ1n) is 10.8. The number of rotatable bonds is 6. The highest BCUT2D eigenvalue weighted by Gasteiger charge is 2.41. The van der Waals surface area contributed by atoms with Gasteiger partial charge < -0.3 is 20.7 Å². The van der Waals surface area contributed by atoms with Crippen LogP contribution in [0.25, 0.3) is 16.7 Å². The molecule has 1 saturated heterocycles. The highest BCUT2D eigenvalue weighted by Crippen LogP contribution is 2.39. The lowest BCUT2D eigenvalue weighted by molar-refractivity contribution is -0.129. The summed E-state index contributed by atoms with van der Waals surface area (Å²) >= 11 is 3.54. The Bertz CT molecular complexity index is 1160. The van der Waals surface area contributed by atoms with Gasteiger partial charge in [-0.1, -0.05) is 13.0 Å². The minimum Gasteiger partial charge on any atom is -0.378 e. The smallest absolute Gasteiger partial charge is 0.225 e. The summed E-state index contributed by atoms with van der Waals surface area (Å²) in [7, 11) is 1.69. The third-order valence-electron chi connectivity index (χ3n) is 6.33. The van der Waals surface area contributed by atoms with Gasteiger partial charge in [-0.25, -0.2) is 9.67 Å². The monoisotopic (exact) mass is 499 g/mol. The van der Waals surface area contributed by atoms with Gasteiger partial charge in [-0.2, -0.15) is 10.1 Å². The summed E-state index contributed by atoms with van der Waals surface area (Å²) in [5, 5.41) is 15.2. The molecule has 0 unspecified atom stereocenters. The fourth-order valence-corrected chi connectivity index (χ4v) is 4.89. The number of ether oxygens (including phenoxy) is 1. The van der Waals surface area contributed by atoms with Crippen molar-refractivity contribution in [1.29, 1.82) is 0 Å². The van der Waals surface area contributed by atoms with Gasteiger partial charge in [-0.05, 0) is 53.4 Å². The number of anilines is 2. The van der Waals surface area contributed by atoms with Crippen LogP contribution in [-0.2, 0) is 9.53 Å². The summed E-state index contributed by atoms with van der Waals surface area (Å²) in [6.45, 7) is 3.46. The van der Waals surface area contributed by atoms with Crippen molar-refractivity contribution in [3.8, 4) is 5.69 Å². The average Bonchev–Trinajstić information content (AvgIpc) is 3.31. The van der Waals surface area contributed by atoms with E-state index in [0.717, 1.165) is 49.2 Å². The predicted octanol–water partition coefficient (Wildman–Crippen LogP) is 3.11. The summed E-state index contributed by atoms with van der Waals surface area (Å²) < 4.78 is 7.76. The summed E-state index contributed by atoms with van der Waals surface area (Å²) in [5.74, 6) is 0.625. The lowest BCUT2D eigenvalue weighted by Crippen LogP contribution is -2.40. The number of carbonyl (C=O) groups excluding carboxylic acids is 1. The largest absolute Gasteiger partial charge is 0.378 e. The van der Waals surface area contributed by atoms with Gasteiger partial charge in [0.05, 0.1) is 30.3 Å². The number of nitrogens with zero attached hydrogens (tertiary/aromatic N) is 4. The minimum absolute atomic E-state index is 0.0853. The molecule has 1 amide bonds. The number of hydrogen-bond donors (Lipinski definition) is 3. The first-order chi connectivity index (χ1) is 15.4. The molecular formula is C22H26BrN7O2. The van der Waals surface area contributed by atoms with Gasteiger partial charge in [0.2, 0.25) is 11.9 Å². The van der Waals surface area contributed by atoms with E-state index in [2.05, 4.69) is 48.0 Å². The van der Waals surface area contributed by atoms with Crippen LogP contribution >= 0.6 is 15.9 Å². The zero-order valence-corrected chi connectivity index (χ0v) is 19.6. The van der Waals surface area contributed by atoms with Crippen molar-refractivity contribution in [1.82, 2.24) is 25.1 Å². The molecular weight excluding hydrogens is 474 g/mol. The molecule has 0 spiro atoms. The number of halogens is 1. The maximum Gasteiger partial charge on any atom is 0.225 e. The van der Waals surface area contributed by atoms with Crippen LogP contribution in [0.4, 0.5) is 11.6 Å². The summed E-state index contributed by atoms with van der Waals surface area (Å²) in [6.07, 6.45) is 4.25. The highest BCUT2D eigenvalue weighted by molar-refractivity contribution is 9.10. The molecule has 2 fully saturated rings. The second-order valence-corrected chi connectivity index (χ2v) is 9.54. The Balaban J connectivity index is 1.40. The van der Waals surface area contributed by atoms with Gasteiger partial charge in [0.15, 0.2) is 5.65 Å². The van der Waals surface area contributed by atoms with Crippen LogP contribution in [0.1, 0.15) is 26.2 Å². The van der Waals surface area contributed by atoms with Gasteiger partial charge in [0.25, 0.3) is 0 Å². The van der Waals surface area contributed by atoms with Crippen LogP contribution in [0.2, 0.25) is 0 Å². The first-order valence-corrected chi connectivity index (χ1v) is 11.6. The molecule has 2 atom stereocenters. The summed E-state index contributed by atoms with van der Waals surface area (Å²) in [4.78, 5) is 21.5. The normalized spacial score (nSPS) is 23.2. The van der Waals surface area contributed by atoms with E-state index < -0.39 is 0 Å². The van der Waals surface area contributed by atoms with Crippen molar-refractivity contribution < 1.29 is 9.53 Å². The lowest BCUT2D eigenvalue weighted by atomic mass is 9.87. The molecule has 1 aromatic carbocycles. The summed E-state index contributed by atoms with van der Waals surface area (Å²) in [6, 6.07) is 8.58. The second kappa shape index (κ2) is 8.32. The highest BCUT2D eigenvalue weighted by atomic mass is 79.9. The fraction of sp³-hybridized carbons (Fsp3) is 0.455. The Kier molecular flexibility index (Phi) is 5.50. The van der Waals surface area contributed by atoms with Crippen molar-refractivity contribution in [2.24, 2.45) is 5.41 Å². The molecule has 10 heteroatoms. The molecule has 0 radical (unpaired) electrons. The van der Waals surface area contributed by atoms with Gasteiger partial charge in [0, 0.05) is 30.4 Å². The van der Waals surface area contributed by atoms with Gasteiger partial charge in [-0.3, -0.25) is 4.79 Å². The van der Waals surface area contributed by atoms with E-state index in [1.54, 1.807) is 13.2 Å². The fourth-order valence-electron chi connectivity index (χ4n) is 4.46. The number of nitrogens with one attached hydrogen (secondary N) is 3. The molecule has 1 aliphatic carbocycles. The Morgan fingerprint density at radius 1 is 1.28 bits per heavy atom. The number of aromatic nitrogens is 4. The van der Waals surface area contributed by atoms with E-state index in [4.69, 9.17) is 9.72 Å². The van der Waals surface area contributed by atoms with E-state index in [1.165, 1.54) is 0 Å². The van der Waals surface area contributed by atoms with E-state index in [9.17, 15) is 4.79 Å². The van der Waals surface area contributed by atoms with Gasteiger partial charge in [0.1, 0.15) is 4.60 Å². The van der Waals surface area contributed by atoms with Crippen LogP contribution in [-0.4, -0.2) is 58.0 Å². The van der Waals surface area contributed by atoms with E-state index >= 15 is 0 Å². The van der Waals surface area contributed by atoms with Crippen molar-refractivity contribution in [3.63, 3.8) is 0 Å². The zero-order valence-electron chi connectivity index (χ0n) is 18.1. The third-order valence-corrected chi connectivity index (χ3v) is 6.91. The molecule has 9 nitrogen and oxygen atoms in total. The maximum atomic E-state index is 12.2. The van der Waals surface area contributed by atoms with Gasteiger partial charge in [-0.15, -0.1) is 0 Å².